The number of non-ortho nitro benzene ring substituents is 1. The van der Waals surface area contributed by atoms with Gasteiger partial charge in [0, 0.05) is 6.07 Å². The minimum absolute atomic E-state index is 0.0758. The van der Waals surface area contributed by atoms with Gasteiger partial charge in [-0.2, -0.15) is 0 Å². The van der Waals surface area contributed by atoms with Gasteiger partial charge >= 0.3 is 0 Å². The van der Waals surface area contributed by atoms with E-state index in [-0.39, 0.29) is 5.69 Å². The highest BCUT2D eigenvalue weighted by Gasteiger charge is 2.13. The Bertz CT molecular complexity index is 403. The Morgan fingerprint density at radius 3 is 3.11 bits per heavy atom. The van der Waals surface area contributed by atoms with E-state index >= 15 is 0 Å². The van der Waals surface area contributed by atoms with Crippen LogP contribution < -0.4 is 10.1 Å². The number of hydrogen-bond donors (Lipinski definition) is 1. The molecule has 98 valence electrons. The zero-order valence-corrected chi connectivity index (χ0v) is 10.3. The molecule has 0 amide bonds. The van der Waals surface area contributed by atoms with Crippen LogP contribution in [-0.2, 0) is 0 Å². The smallest absolute Gasteiger partial charge is 0.273 e. The van der Waals surface area contributed by atoms with E-state index in [9.17, 15) is 10.1 Å². The number of nitrogens with zero attached hydrogens (tertiary/aromatic N) is 1. The highest BCUT2D eigenvalue weighted by atomic mass is 16.6. The van der Waals surface area contributed by atoms with Crippen LogP contribution in [0.3, 0.4) is 0 Å². The Hall–Kier alpha value is -1.62. The van der Waals surface area contributed by atoms with E-state index in [0.29, 0.717) is 18.3 Å². The van der Waals surface area contributed by atoms with Crippen molar-refractivity contribution in [3.05, 3.63) is 34.4 Å². The lowest BCUT2D eigenvalue weighted by Gasteiger charge is -2.22. The second kappa shape index (κ2) is 6.35. The van der Waals surface area contributed by atoms with E-state index in [4.69, 9.17) is 4.74 Å². The van der Waals surface area contributed by atoms with E-state index in [1.54, 1.807) is 12.1 Å². The van der Waals surface area contributed by atoms with Gasteiger partial charge in [-0.1, -0.05) is 6.07 Å². The summed E-state index contributed by atoms with van der Waals surface area (Å²) in [5, 5.41) is 14.0. The van der Waals surface area contributed by atoms with Gasteiger partial charge in [-0.25, -0.2) is 0 Å². The fraction of sp³-hybridized carbons (Fsp3) is 0.538. The first kappa shape index (κ1) is 12.8. The van der Waals surface area contributed by atoms with Crippen LogP contribution >= 0.6 is 0 Å². The average molecular weight is 250 g/mol. The number of benzene rings is 1. The fourth-order valence-electron chi connectivity index (χ4n) is 2.20. The molecule has 0 saturated carbocycles. The fourth-order valence-corrected chi connectivity index (χ4v) is 2.20. The van der Waals surface area contributed by atoms with Crippen molar-refractivity contribution in [3.63, 3.8) is 0 Å². The monoisotopic (exact) mass is 250 g/mol. The zero-order chi connectivity index (χ0) is 12.8. The van der Waals surface area contributed by atoms with Gasteiger partial charge in [0.05, 0.1) is 17.6 Å². The molecule has 0 aliphatic carbocycles. The number of piperidine rings is 1. The van der Waals surface area contributed by atoms with Crippen molar-refractivity contribution in [2.45, 2.75) is 19.3 Å². The normalized spacial score (nSPS) is 19.4. The SMILES string of the molecule is O=[N+]([O-])c1cccc(OCC[C@H]2CCCNC2)c1. The van der Waals surface area contributed by atoms with Crippen LogP contribution in [0.15, 0.2) is 24.3 Å². The van der Waals surface area contributed by atoms with Crippen LogP contribution in [0.1, 0.15) is 19.3 Å². The zero-order valence-electron chi connectivity index (χ0n) is 10.3. The van der Waals surface area contributed by atoms with E-state index in [2.05, 4.69) is 5.32 Å². The molecule has 1 N–H and O–H groups in total. The predicted molar refractivity (Wildman–Crippen MR) is 68.8 cm³/mol. The quantitative estimate of drug-likeness (QED) is 0.643. The molecule has 5 nitrogen and oxygen atoms in total. The summed E-state index contributed by atoms with van der Waals surface area (Å²) in [4.78, 5) is 10.2. The highest BCUT2D eigenvalue weighted by molar-refractivity contribution is 5.37. The molecule has 1 fully saturated rings. The van der Waals surface area contributed by atoms with Crippen molar-refractivity contribution in [1.82, 2.24) is 5.32 Å². The van der Waals surface area contributed by atoms with Gasteiger partial charge in [0.25, 0.3) is 5.69 Å². The second-order valence-corrected chi connectivity index (χ2v) is 4.60. The molecule has 0 spiro atoms. The summed E-state index contributed by atoms with van der Waals surface area (Å²) in [6, 6.07) is 6.35. The third kappa shape index (κ3) is 3.70. The summed E-state index contributed by atoms with van der Waals surface area (Å²) >= 11 is 0. The van der Waals surface area contributed by atoms with Crippen LogP contribution in [0.4, 0.5) is 5.69 Å². The summed E-state index contributed by atoms with van der Waals surface area (Å²) in [5.74, 6) is 1.24. The minimum Gasteiger partial charge on any atom is -0.493 e. The summed E-state index contributed by atoms with van der Waals surface area (Å²) in [6.45, 7) is 2.79. The highest BCUT2D eigenvalue weighted by Crippen LogP contribution is 2.20. The first-order valence-electron chi connectivity index (χ1n) is 6.33. The van der Waals surface area contributed by atoms with Crippen molar-refractivity contribution in [2.75, 3.05) is 19.7 Å². The molecular weight excluding hydrogens is 232 g/mol. The Labute approximate surface area is 106 Å². The molecule has 1 aromatic carbocycles. The summed E-state index contributed by atoms with van der Waals surface area (Å²) in [7, 11) is 0. The van der Waals surface area contributed by atoms with Crippen molar-refractivity contribution < 1.29 is 9.66 Å². The third-order valence-electron chi connectivity index (χ3n) is 3.22. The van der Waals surface area contributed by atoms with Gasteiger partial charge in [0.1, 0.15) is 5.75 Å². The Kier molecular flexibility index (Phi) is 4.52. The lowest BCUT2D eigenvalue weighted by molar-refractivity contribution is -0.384. The maximum atomic E-state index is 10.6. The van der Waals surface area contributed by atoms with Crippen molar-refractivity contribution in [2.24, 2.45) is 5.92 Å². The molecule has 0 unspecified atom stereocenters. The molecule has 1 heterocycles. The summed E-state index contributed by atoms with van der Waals surface area (Å²) in [5.41, 5.74) is 0.0758. The van der Waals surface area contributed by atoms with Crippen LogP contribution in [0.25, 0.3) is 0 Å². The summed E-state index contributed by atoms with van der Waals surface area (Å²) < 4.78 is 5.57. The van der Waals surface area contributed by atoms with E-state index in [0.717, 1.165) is 19.5 Å². The van der Waals surface area contributed by atoms with Crippen LogP contribution in [-0.4, -0.2) is 24.6 Å². The number of nitro benzene ring substituents is 1. The molecule has 1 aliphatic rings. The molecule has 1 atom stereocenters. The molecule has 1 aromatic rings. The van der Waals surface area contributed by atoms with Gasteiger partial charge < -0.3 is 10.1 Å². The van der Waals surface area contributed by atoms with Crippen LogP contribution in [0, 0.1) is 16.0 Å². The largest absolute Gasteiger partial charge is 0.493 e. The molecule has 0 aromatic heterocycles. The Morgan fingerprint density at radius 1 is 1.50 bits per heavy atom. The molecule has 1 saturated heterocycles. The van der Waals surface area contributed by atoms with Gasteiger partial charge in [-0.15, -0.1) is 0 Å². The molecule has 0 radical (unpaired) electrons. The maximum Gasteiger partial charge on any atom is 0.273 e. The number of nitro groups is 1. The predicted octanol–water partition coefficient (Wildman–Crippen LogP) is 2.36. The molecule has 1 aliphatic heterocycles. The maximum absolute atomic E-state index is 10.6. The van der Waals surface area contributed by atoms with Crippen molar-refractivity contribution >= 4 is 5.69 Å². The summed E-state index contributed by atoms with van der Waals surface area (Å²) in [6.07, 6.45) is 3.46. The standard InChI is InChI=1S/C13H18N2O3/c16-15(17)12-4-1-5-13(9-12)18-8-6-11-3-2-7-14-10-11/h1,4-5,9,11,14H,2-3,6-8,10H2/t11-/m1/s1. The lowest BCUT2D eigenvalue weighted by Crippen LogP contribution is -2.30. The molecule has 2 rings (SSSR count). The first-order valence-corrected chi connectivity index (χ1v) is 6.33. The molecule has 0 bridgehead atoms. The van der Waals surface area contributed by atoms with Gasteiger partial charge in [-0.05, 0) is 44.3 Å². The number of hydrogen-bond acceptors (Lipinski definition) is 4. The van der Waals surface area contributed by atoms with Crippen LogP contribution in [0.2, 0.25) is 0 Å². The minimum atomic E-state index is -0.405. The van der Waals surface area contributed by atoms with Gasteiger partial charge in [0.15, 0.2) is 0 Å². The first-order chi connectivity index (χ1) is 8.75. The van der Waals surface area contributed by atoms with E-state index in [1.807, 2.05) is 0 Å². The number of nitrogens with one attached hydrogen (secondary N) is 1. The van der Waals surface area contributed by atoms with Crippen molar-refractivity contribution in [3.8, 4) is 5.75 Å². The average Bonchev–Trinajstić information content (AvgIpc) is 2.40. The van der Waals surface area contributed by atoms with Gasteiger partial charge in [-0.3, -0.25) is 10.1 Å². The van der Waals surface area contributed by atoms with E-state index < -0.39 is 4.92 Å². The topological polar surface area (TPSA) is 64.4 Å². The van der Waals surface area contributed by atoms with E-state index in [1.165, 1.54) is 25.0 Å². The molecular formula is C13H18N2O3. The Balaban J connectivity index is 1.78. The lowest BCUT2D eigenvalue weighted by atomic mass is 9.97. The Morgan fingerprint density at radius 2 is 2.39 bits per heavy atom. The molecule has 18 heavy (non-hydrogen) atoms. The number of ether oxygens (including phenoxy) is 1. The van der Waals surface area contributed by atoms with Crippen LogP contribution in [0.5, 0.6) is 5.75 Å². The van der Waals surface area contributed by atoms with Crippen molar-refractivity contribution in [1.29, 1.82) is 0 Å². The third-order valence-corrected chi connectivity index (χ3v) is 3.22. The number of rotatable bonds is 5. The molecule has 5 heteroatoms. The van der Waals surface area contributed by atoms with Gasteiger partial charge in [0.2, 0.25) is 0 Å². The second-order valence-electron chi connectivity index (χ2n) is 4.60.